The van der Waals surface area contributed by atoms with E-state index in [-0.39, 0.29) is 0 Å². The highest BCUT2D eigenvalue weighted by Gasteiger charge is 2.07. The monoisotopic (exact) mass is 249 g/mol. The van der Waals surface area contributed by atoms with Crippen molar-refractivity contribution in [1.82, 2.24) is 9.78 Å². The molecule has 0 saturated carbocycles. The van der Waals surface area contributed by atoms with Crippen LogP contribution in [0.15, 0.2) is 24.4 Å². The van der Waals surface area contributed by atoms with Crippen LogP contribution >= 0.6 is 11.6 Å². The Morgan fingerprint density at radius 3 is 2.65 bits per heavy atom. The van der Waals surface area contributed by atoms with Crippen molar-refractivity contribution >= 4 is 11.6 Å². The van der Waals surface area contributed by atoms with E-state index in [2.05, 4.69) is 11.2 Å². The minimum atomic E-state index is 0.521. The van der Waals surface area contributed by atoms with Gasteiger partial charge in [-0.2, -0.15) is 5.10 Å². The summed E-state index contributed by atoms with van der Waals surface area (Å²) in [7, 11) is 0. The highest BCUT2D eigenvalue weighted by Crippen LogP contribution is 2.19. The summed E-state index contributed by atoms with van der Waals surface area (Å²) in [5.74, 6) is 0. The quantitative estimate of drug-likeness (QED) is 0.909. The number of halogens is 1. The van der Waals surface area contributed by atoms with Gasteiger partial charge in [0.05, 0.1) is 12.7 Å². The molecule has 0 atom stereocenters. The van der Waals surface area contributed by atoms with Crippen molar-refractivity contribution in [3.8, 4) is 0 Å². The number of aromatic nitrogens is 2. The van der Waals surface area contributed by atoms with Crippen molar-refractivity contribution in [2.45, 2.75) is 26.9 Å². The first-order chi connectivity index (χ1) is 8.11. The Balaban J connectivity index is 2.28. The molecule has 1 aromatic carbocycles. The summed E-state index contributed by atoms with van der Waals surface area (Å²) in [4.78, 5) is 0. The molecule has 2 rings (SSSR count). The fraction of sp³-hybridized carbons (Fsp3) is 0.308. The average Bonchev–Trinajstić information content (AvgIpc) is 2.64. The van der Waals surface area contributed by atoms with Crippen LogP contribution in [0, 0.1) is 13.8 Å². The maximum atomic E-state index is 6.21. The molecule has 4 heteroatoms. The van der Waals surface area contributed by atoms with Gasteiger partial charge in [-0.1, -0.05) is 23.7 Å². The molecule has 0 aliphatic carbocycles. The summed E-state index contributed by atoms with van der Waals surface area (Å²) >= 11 is 6.21. The molecule has 0 saturated heterocycles. The largest absolute Gasteiger partial charge is 0.326 e. The Morgan fingerprint density at radius 1 is 1.29 bits per heavy atom. The first kappa shape index (κ1) is 12.1. The summed E-state index contributed by atoms with van der Waals surface area (Å²) < 4.78 is 1.93. The average molecular weight is 250 g/mol. The minimum Gasteiger partial charge on any atom is -0.326 e. The molecule has 0 amide bonds. The van der Waals surface area contributed by atoms with Gasteiger partial charge < -0.3 is 5.73 Å². The van der Waals surface area contributed by atoms with Crippen LogP contribution in [-0.4, -0.2) is 9.78 Å². The van der Waals surface area contributed by atoms with Crippen molar-refractivity contribution < 1.29 is 0 Å². The second kappa shape index (κ2) is 4.90. The van der Waals surface area contributed by atoms with Gasteiger partial charge in [0.25, 0.3) is 0 Å². The molecule has 0 aliphatic heterocycles. The molecule has 1 heterocycles. The third-order valence-corrected chi connectivity index (χ3v) is 3.31. The SMILES string of the molecule is Cc1ccc(Cn2ncc(CN)c2C)c(Cl)c1. The molecule has 3 nitrogen and oxygen atoms in total. The normalized spacial score (nSPS) is 10.8. The molecule has 2 N–H and O–H groups in total. The minimum absolute atomic E-state index is 0.521. The summed E-state index contributed by atoms with van der Waals surface area (Å²) in [5, 5.41) is 5.11. The zero-order valence-electron chi connectivity index (χ0n) is 10.1. The van der Waals surface area contributed by atoms with E-state index < -0.39 is 0 Å². The van der Waals surface area contributed by atoms with Crippen molar-refractivity contribution in [2.75, 3.05) is 0 Å². The third kappa shape index (κ3) is 2.51. The van der Waals surface area contributed by atoms with E-state index in [1.165, 1.54) is 5.56 Å². The summed E-state index contributed by atoms with van der Waals surface area (Å²) in [6.45, 7) is 5.26. The predicted molar refractivity (Wildman–Crippen MR) is 70.1 cm³/mol. The number of benzene rings is 1. The van der Waals surface area contributed by atoms with Crippen LogP contribution in [0.2, 0.25) is 5.02 Å². The van der Waals surface area contributed by atoms with E-state index >= 15 is 0 Å². The fourth-order valence-electron chi connectivity index (χ4n) is 1.79. The van der Waals surface area contributed by atoms with Gasteiger partial charge in [0.2, 0.25) is 0 Å². The van der Waals surface area contributed by atoms with Gasteiger partial charge in [0.1, 0.15) is 0 Å². The zero-order chi connectivity index (χ0) is 12.4. The second-order valence-corrected chi connectivity index (χ2v) is 4.62. The molecule has 17 heavy (non-hydrogen) atoms. The molecule has 90 valence electrons. The lowest BCUT2D eigenvalue weighted by atomic mass is 10.1. The molecule has 0 unspecified atom stereocenters. The highest BCUT2D eigenvalue weighted by molar-refractivity contribution is 6.31. The Bertz CT molecular complexity index is 531. The maximum Gasteiger partial charge on any atom is 0.0677 e. The van der Waals surface area contributed by atoms with Gasteiger partial charge in [0.15, 0.2) is 0 Å². The van der Waals surface area contributed by atoms with Gasteiger partial charge in [-0.05, 0) is 31.0 Å². The van der Waals surface area contributed by atoms with Crippen LogP contribution < -0.4 is 5.73 Å². The van der Waals surface area contributed by atoms with Crippen LogP contribution in [0.3, 0.4) is 0 Å². The number of aryl methyl sites for hydroxylation is 1. The Morgan fingerprint density at radius 2 is 2.06 bits per heavy atom. The van der Waals surface area contributed by atoms with Gasteiger partial charge >= 0.3 is 0 Å². The lowest BCUT2D eigenvalue weighted by molar-refractivity contribution is 0.663. The second-order valence-electron chi connectivity index (χ2n) is 4.21. The van der Waals surface area contributed by atoms with E-state index in [1.54, 1.807) is 0 Å². The number of nitrogens with two attached hydrogens (primary N) is 1. The molecule has 0 radical (unpaired) electrons. The van der Waals surface area contributed by atoms with E-state index in [1.807, 2.05) is 36.9 Å². The summed E-state index contributed by atoms with van der Waals surface area (Å²) in [5.41, 5.74) is 10.0. The van der Waals surface area contributed by atoms with Gasteiger partial charge in [-0.25, -0.2) is 0 Å². The van der Waals surface area contributed by atoms with Crippen molar-refractivity contribution in [1.29, 1.82) is 0 Å². The third-order valence-electron chi connectivity index (χ3n) is 2.95. The fourth-order valence-corrected chi connectivity index (χ4v) is 2.08. The van der Waals surface area contributed by atoms with E-state index in [0.717, 1.165) is 21.8 Å². The van der Waals surface area contributed by atoms with Crippen molar-refractivity contribution in [2.24, 2.45) is 5.73 Å². The summed E-state index contributed by atoms with van der Waals surface area (Å²) in [6.07, 6.45) is 1.82. The molecule has 1 aromatic heterocycles. The van der Waals surface area contributed by atoms with Gasteiger partial charge in [0, 0.05) is 22.8 Å². The lowest BCUT2D eigenvalue weighted by Crippen LogP contribution is -2.06. The number of hydrogen-bond acceptors (Lipinski definition) is 2. The van der Waals surface area contributed by atoms with Gasteiger partial charge in [-0.15, -0.1) is 0 Å². The topological polar surface area (TPSA) is 43.8 Å². The van der Waals surface area contributed by atoms with E-state index in [9.17, 15) is 0 Å². The molecule has 0 fully saturated rings. The zero-order valence-corrected chi connectivity index (χ0v) is 10.8. The Labute approximate surface area is 106 Å². The van der Waals surface area contributed by atoms with Crippen LogP contribution in [-0.2, 0) is 13.1 Å². The van der Waals surface area contributed by atoms with Crippen LogP contribution in [0.1, 0.15) is 22.4 Å². The molecular formula is C13H16ClN3. The molecule has 0 spiro atoms. The first-order valence-corrected chi connectivity index (χ1v) is 5.96. The molecule has 0 aliphatic rings. The Hall–Kier alpha value is -1.32. The van der Waals surface area contributed by atoms with Crippen LogP contribution in [0.5, 0.6) is 0 Å². The lowest BCUT2D eigenvalue weighted by Gasteiger charge is -2.08. The number of hydrogen-bond donors (Lipinski definition) is 1. The van der Waals surface area contributed by atoms with E-state index in [0.29, 0.717) is 13.1 Å². The molecule has 0 bridgehead atoms. The maximum absolute atomic E-state index is 6.21. The first-order valence-electron chi connectivity index (χ1n) is 5.58. The predicted octanol–water partition coefficient (Wildman–Crippen LogP) is 2.66. The molecular weight excluding hydrogens is 234 g/mol. The summed E-state index contributed by atoms with van der Waals surface area (Å²) in [6, 6.07) is 6.07. The number of nitrogens with zero attached hydrogens (tertiary/aromatic N) is 2. The Kier molecular flexibility index (Phi) is 3.50. The van der Waals surface area contributed by atoms with Crippen LogP contribution in [0.4, 0.5) is 0 Å². The molecule has 2 aromatic rings. The van der Waals surface area contributed by atoms with Crippen molar-refractivity contribution in [3.05, 3.63) is 51.8 Å². The van der Waals surface area contributed by atoms with E-state index in [4.69, 9.17) is 17.3 Å². The van der Waals surface area contributed by atoms with Crippen molar-refractivity contribution in [3.63, 3.8) is 0 Å². The van der Waals surface area contributed by atoms with Crippen LogP contribution in [0.25, 0.3) is 0 Å². The standard InChI is InChI=1S/C13H16ClN3/c1-9-3-4-11(13(14)5-9)8-17-10(2)12(6-15)7-16-17/h3-5,7H,6,8,15H2,1-2H3. The smallest absolute Gasteiger partial charge is 0.0677 e. The van der Waals surface area contributed by atoms with Gasteiger partial charge in [-0.3, -0.25) is 4.68 Å². The highest BCUT2D eigenvalue weighted by atomic mass is 35.5. The number of rotatable bonds is 3.